The normalized spacial score (nSPS) is 9.88. The molecular formula is C10H14N2O3S. The molecule has 0 aliphatic heterocycles. The maximum Gasteiger partial charge on any atom is 0.306 e. The molecule has 0 saturated heterocycles. The van der Waals surface area contributed by atoms with Gasteiger partial charge in [-0.2, -0.15) is 0 Å². The summed E-state index contributed by atoms with van der Waals surface area (Å²) in [5.41, 5.74) is 0. The number of nitrogens with zero attached hydrogens (tertiary/aromatic N) is 1. The van der Waals surface area contributed by atoms with Gasteiger partial charge < -0.3 is 10.1 Å². The van der Waals surface area contributed by atoms with Gasteiger partial charge in [0.2, 0.25) is 5.91 Å². The molecule has 0 spiro atoms. The first-order valence-corrected chi connectivity index (χ1v) is 5.81. The number of carbonyl (C=O) groups is 2. The highest BCUT2D eigenvalue weighted by Gasteiger charge is 2.09. The van der Waals surface area contributed by atoms with Crippen molar-refractivity contribution in [3.8, 4) is 0 Å². The molecule has 0 saturated carbocycles. The van der Waals surface area contributed by atoms with Crippen molar-refractivity contribution in [2.24, 2.45) is 0 Å². The Bertz CT molecular complexity index is 376. The lowest BCUT2D eigenvalue weighted by Gasteiger charge is -2.01. The Hall–Kier alpha value is -1.43. The van der Waals surface area contributed by atoms with Crippen molar-refractivity contribution < 1.29 is 14.3 Å². The fraction of sp³-hybridized carbons (Fsp3) is 0.500. The molecule has 0 aliphatic carbocycles. The molecule has 1 aromatic heterocycles. The molecule has 1 amide bonds. The molecule has 1 heterocycles. The first-order chi connectivity index (χ1) is 7.61. The largest absolute Gasteiger partial charge is 0.466 e. The summed E-state index contributed by atoms with van der Waals surface area (Å²) in [4.78, 5) is 27.4. The summed E-state index contributed by atoms with van der Waals surface area (Å²) in [5, 5.41) is 3.18. The quantitative estimate of drug-likeness (QED) is 0.798. The highest BCUT2D eigenvalue weighted by atomic mass is 32.1. The maximum absolute atomic E-state index is 11.4. The minimum atomic E-state index is -0.354. The second-order valence-electron chi connectivity index (χ2n) is 3.13. The zero-order valence-electron chi connectivity index (χ0n) is 9.28. The van der Waals surface area contributed by atoms with E-state index in [2.05, 4.69) is 10.3 Å². The predicted molar refractivity (Wildman–Crippen MR) is 61.3 cm³/mol. The van der Waals surface area contributed by atoms with Gasteiger partial charge in [0, 0.05) is 17.5 Å². The van der Waals surface area contributed by atoms with Crippen molar-refractivity contribution >= 4 is 28.3 Å². The number of ether oxygens (including phenoxy) is 1. The molecule has 6 heteroatoms. The summed E-state index contributed by atoms with van der Waals surface area (Å²) in [5.74, 6) is -0.574. The number of aryl methyl sites for hydroxylation is 1. The molecule has 0 bridgehead atoms. The third-order valence-corrected chi connectivity index (χ3v) is 2.56. The SMILES string of the molecule is CCOC(=O)CCC(=O)Nc1ncc(C)s1. The molecule has 0 unspecified atom stereocenters. The fourth-order valence-corrected chi connectivity index (χ4v) is 1.72. The summed E-state index contributed by atoms with van der Waals surface area (Å²) >= 11 is 1.40. The number of hydrogen-bond donors (Lipinski definition) is 1. The Morgan fingerprint density at radius 1 is 1.50 bits per heavy atom. The van der Waals surface area contributed by atoms with E-state index in [4.69, 9.17) is 4.74 Å². The number of anilines is 1. The van der Waals surface area contributed by atoms with Crippen LogP contribution in [0.1, 0.15) is 24.6 Å². The van der Waals surface area contributed by atoms with Crippen molar-refractivity contribution in [3.63, 3.8) is 0 Å². The molecule has 88 valence electrons. The summed E-state index contributed by atoms with van der Waals surface area (Å²) in [6.45, 7) is 3.98. The third-order valence-electron chi connectivity index (χ3n) is 1.73. The molecule has 5 nitrogen and oxygen atoms in total. The lowest BCUT2D eigenvalue weighted by Crippen LogP contribution is -2.14. The molecule has 0 radical (unpaired) electrons. The van der Waals surface area contributed by atoms with Crippen LogP contribution in [0.15, 0.2) is 6.20 Å². The van der Waals surface area contributed by atoms with Gasteiger partial charge in [0.15, 0.2) is 5.13 Å². The van der Waals surface area contributed by atoms with Gasteiger partial charge >= 0.3 is 5.97 Å². The van der Waals surface area contributed by atoms with Crippen molar-refractivity contribution in [1.82, 2.24) is 4.98 Å². The topological polar surface area (TPSA) is 68.3 Å². The van der Waals surface area contributed by atoms with Crippen LogP contribution in [0.2, 0.25) is 0 Å². The summed E-state index contributed by atoms with van der Waals surface area (Å²) in [6.07, 6.45) is 1.91. The summed E-state index contributed by atoms with van der Waals surface area (Å²) < 4.78 is 4.71. The van der Waals surface area contributed by atoms with E-state index < -0.39 is 0 Å². The lowest BCUT2D eigenvalue weighted by molar-refractivity contribution is -0.144. The Kier molecular flexibility index (Phi) is 4.91. The molecule has 1 rings (SSSR count). The molecule has 16 heavy (non-hydrogen) atoms. The zero-order chi connectivity index (χ0) is 12.0. The molecular weight excluding hydrogens is 228 g/mol. The second-order valence-corrected chi connectivity index (χ2v) is 4.36. The van der Waals surface area contributed by atoms with Crippen LogP contribution in [0, 0.1) is 6.92 Å². The summed E-state index contributed by atoms with van der Waals surface area (Å²) in [6, 6.07) is 0. The van der Waals surface area contributed by atoms with Crippen LogP contribution in [-0.4, -0.2) is 23.5 Å². The van der Waals surface area contributed by atoms with E-state index in [9.17, 15) is 9.59 Å². The van der Waals surface area contributed by atoms with E-state index in [0.717, 1.165) is 4.88 Å². The molecule has 0 atom stereocenters. The first-order valence-electron chi connectivity index (χ1n) is 4.99. The predicted octanol–water partition coefficient (Wildman–Crippen LogP) is 1.73. The number of thiazole rings is 1. The van der Waals surface area contributed by atoms with Gasteiger partial charge in [-0.15, -0.1) is 11.3 Å². The maximum atomic E-state index is 11.4. The van der Waals surface area contributed by atoms with Gasteiger partial charge in [-0.25, -0.2) is 4.98 Å². The smallest absolute Gasteiger partial charge is 0.306 e. The van der Waals surface area contributed by atoms with Crippen LogP contribution in [0.5, 0.6) is 0 Å². The Balaban J connectivity index is 2.28. The van der Waals surface area contributed by atoms with Crippen molar-refractivity contribution in [2.75, 3.05) is 11.9 Å². The number of rotatable bonds is 5. The van der Waals surface area contributed by atoms with Crippen LogP contribution < -0.4 is 5.32 Å². The van der Waals surface area contributed by atoms with Crippen LogP contribution >= 0.6 is 11.3 Å². The van der Waals surface area contributed by atoms with E-state index in [1.165, 1.54) is 11.3 Å². The van der Waals surface area contributed by atoms with E-state index in [1.54, 1.807) is 13.1 Å². The molecule has 1 N–H and O–H groups in total. The highest BCUT2D eigenvalue weighted by Crippen LogP contribution is 2.16. The number of aromatic nitrogens is 1. The standard InChI is InChI=1S/C10H14N2O3S/c1-3-15-9(14)5-4-8(13)12-10-11-6-7(2)16-10/h6H,3-5H2,1-2H3,(H,11,12,13). The van der Waals surface area contributed by atoms with Gasteiger partial charge in [0.1, 0.15) is 0 Å². The van der Waals surface area contributed by atoms with Crippen molar-refractivity contribution in [3.05, 3.63) is 11.1 Å². The van der Waals surface area contributed by atoms with Crippen LogP contribution in [-0.2, 0) is 14.3 Å². The van der Waals surface area contributed by atoms with Crippen LogP contribution in [0.4, 0.5) is 5.13 Å². The minimum Gasteiger partial charge on any atom is -0.466 e. The van der Waals surface area contributed by atoms with Crippen LogP contribution in [0.3, 0.4) is 0 Å². The van der Waals surface area contributed by atoms with Crippen LogP contribution in [0.25, 0.3) is 0 Å². The number of amides is 1. The van der Waals surface area contributed by atoms with E-state index in [1.807, 2.05) is 6.92 Å². The lowest BCUT2D eigenvalue weighted by atomic mass is 10.3. The van der Waals surface area contributed by atoms with E-state index in [0.29, 0.717) is 11.7 Å². The number of carbonyl (C=O) groups excluding carboxylic acids is 2. The van der Waals surface area contributed by atoms with Gasteiger partial charge in [-0.05, 0) is 13.8 Å². The van der Waals surface area contributed by atoms with E-state index in [-0.39, 0.29) is 24.7 Å². The fourth-order valence-electron chi connectivity index (χ4n) is 1.04. The molecule has 1 aromatic rings. The second kappa shape index (κ2) is 6.22. The average molecular weight is 242 g/mol. The molecule has 0 aliphatic rings. The van der Waals surface area contributed by atoms with Crippen molar-refractivity contribution in [2.45, 2.75) is 26.7 Å². The monoisotopic (exact) mass is 242 g/mol. The van der Waals surface area contributed by atoms with Gasteiger partial charge in [-0.1, -0.05) is 0 Å². The Morgan fingerprint density at radius 2 is 2.25 bits per heavy atom. The first kappa shape index (κ1) is 12.6. The molecule has 0 aromatic carbocycles. The van der Waals surface area contributed by atoms with Gasteiger partial charge in [0.25, 0.3) is 0 Å². The van der Waals surface area contributed by atoms with E-state index >= 15 is 0 Å². The number of nitrogens with one attached hydrogen (secondary N) is 1. The van der Waals surface area contributed by atoms with Gasteiger partial charge in [0.05, 0.1) is 13.0 Å². The highest BCUT2D eigenvalue weighted by molar-refractivity contribution is 7.15. The number of hydrogen-bond acceptors (Lipinski definition) is 5. The zero-order valence-corrected chi connectivity index (χ0v) is 10.1. The Morgan fingerprint density at radius 3 is 2.81 bits per heavy atom. The summed E-state index contributed by atoms with van der Waals surface area (Å²) in [7, 11) is 0. The Labute approximate surface area is 97.8 Å². The van der Waals surface area contributed by atoms with Gasteiger partial charge in [-0.3, -0.25) is 9.59 Å². The minimum absolute atomic E-state index is 0.101. The average Bonchev–Trinajstić information content (AvgIpc) is 2.61. The van der Waals surface area contributed by atoms with Crippen molar-refractivity contribution in [1.29, 1.82) is 0 Å². The molecule has 0 fully saturated rings. The number of esters is 1. The third kappa shape index (κ3) is 4.39.